The molecule has 0 aliphatic carbocycles. The van der Waals surface area contributed by atoms with Crippen LogP contribution < -0.4 is 0 Å². The summed E-state index contributed by atoms with van der Waals surface area (Å²) in [5.41, 5.74) is 0. The maximum absolute atomic E-state index is 12.9. The van der Waals surface area contributed by atoms with Crippen LogP contribution in [0.3, 0.4) is 0 Å². The molecule has 0 amide bonds. The van der Waals surface area contributed by atoms with E-state index in [1.165, 1.54) is 77.0 Å². The van der Waals surface area contributed by atoms with E-state index in [1.54, 1.807) is 0 Å². The third-order valence-electron chi connectivity index (χ3n) is 12.8. The molecule has 0 N–H and O–H groups in total. The van der Waals surface area contributed by atoms with Gasteiger partial charge in [-0.25, -0.2) is 0 Å². The van der Waals surface area contributed by atoms with Gasteiger partial charge in [-0.1, -0.05) is 250 Å². The number of hydrogen-bond donors (Lipinski definition) is 0. The van der Waals surface area contributed by atoms with Gasteiger partial charge in [-0.2, -0.15) is 0 Å². The lowest BCUT2D eigenvalue weighted by atomic mass is 10.1. The Labute approximate surface area is 474 Å². The minimum Gasteiger partial charge on any atom is -0.462 e. The molecule has 0 aromatic carbocycles. The Kier molecular flexibility index (Phi) is 59.9. The van der Waals surface area contributed by atoms with Crippen LogP contribution in [0.1, 0.15) is 265 Å². The molecule has 0 bridgehead atoms. The van der Waals surface area contributed by atoms with Gasteiger partial charge in [0.2, 0.25) is 0 Å². The van der Waals surface area contributed by atoms with Gasteiger partial charge in [0.15, 0.2) is 6.10 Å². The molecule has 0 aliphatic rings. The quantitative estimate of drug-likeness (QED) is 0.0261. The lowest BCUT2D eigenvalue weighted by molar-refractivity contribution is -0.167. The zero-order chi connectivity index (χ0) is 55.7. The highest BCUT2D eigenvalue weighted by Gasteiger charge is 2.19. The summed E-state index contributed by atoms with van der Waals surface area (Å²) in [6, 6.07) is 0. The van der Waals surface area contributed by atoms with Crippen molar-refractivity contribution in [2.45, 2.75) is 271 Å². The third kappa shape index (κ3) is 62.0. The van der Waals surface area contributed by atoms with Crippen molar-refractivity contribution >= 4 is 17.9 Å². The second-order valence-electron chi connectivity index (χ2n) is 20.2. The Hall–Kier alpha value is -4.71. The fourth-order valence-electron chi connectivity index (χ4n) is 8.11. The fraction of sp³-hybridized carbons (Fsp3) is 0.620. The van der Waals surface area contributed by atoms with Crippen molar-refractivity contribution in [1.29, 1.82) is 0 Å². The molecule has 0 spiro atoms. The summed E-state index contributed by atoms with van der Waals surface area (Å²) in [7, 11) is 0. The Bertz CT molecular complexity index is 1700. The smallest absolute Gasteiger partial charge is 0.306 e. The molecule has 0 saturated heterocycles. The predicted octanol–water partition coefficient (Wildman–Crippen LogP) is 21.5. The van der Waals surface area contributed by atoms with Crippen molar-refractivity contribution < 1.29 is 28.6 Å². The summed E-state index contributed by atoms with van der Waals surface area (Å²) in [4.78, 5) is 38.3. The average Bonchev–Trinajstić information content (AvgIpc) is 3.43. The predicted molar refractivity (Wildman–Crippen MR) is 334 cm³/mol. The number of carbonyl (C=O) groups excluding carboxylic acids is 3. The Morgan fingerprint density at radius 2 is 0.519 bits per heavy atom. The summed E-state index contributed by atoms with van der Waals surface area (Å²) < 4.78 is 16.8. The number of carbonyl (C=O) groups is 3. The van der Waals surface area contributed by atoms with Gasteiger partial charge in [-0.3, -0.25) is 14.4 Å². The monoisotopic (exact) mass is 1060 g/mol. The highest BCUT2D eigenvalue weighted by molar-refractivity contribution is 5.71. The summed E-state index contributed by atoms with van der Waals surface area (Å²) in [5.74, 6) is -1.00. The van der Waals surface area contributed by atoms with Gasteiger partial charge in [0.05, 0.1) is 0 Å². The number of esters is 3. The first-order valence-electron chi connectivity index (χ1n) is 31.3. The molecule has 0 radical (unpaired) electrons. The third-order valence-corrected chi connectivity index (χ3v) is 12.8. The first-order valence-corrected chi connectivity index (χ1v) is 31.3. The molecule has 434 valence electrons. The maximum atomic E-state index is 12.9. The molecule has 6 nitrogen and oxygen atoms in total. The van der Waals surface area contributed by atoms with Crippen LogP contribution in [0.5, 0.6) is 0 Å². The van der Waals surface area contributed by atoms with E-state index < -0.39 is 6.10 Å². The van der Waals surface area contributed by atoms with E-state index in [0.717, 1.165) is 141 Å². The van der Waals surface area contributed by atoms with Crippen molar-refractivity contribution in [2.24, 2.45) is 0 Å². The number of unbranched alkanes of at least 4 members (excludes halogenated alkanes) is 20. The molecule has 0 aliphatic heterocycles. The summed E-state index contributed by atoms with van der Waals surface area (Å²) in [5, 5.41) is 0. The molecule has 0 fully saturated rings. The SMILES string of the molecule is CC/C=C\C/C=C\C/C=C\C/C=C\C/C=C\C/C=C\C/C=C\CCCC(=O)OCC(COC(=O)CCCCCCC/C=C\C/C=C\CCCCC)OC(=O)CCCCCCCC/C=C\C/C=C\C/C=C\CCCCCCC. The molecule has 77 heavy (non-hydrogen) atoms. The first-order chi connectivity index (χ1) is 38.0. The van der Waals surface area contributed by atoms with Crippen molar-refractivity contribution in [3.8, 4) is 0 Å². The summed E-state index contributed by atoms with van der Waals surface area (Å²) in [6.45, 7) is 6.42. The fourth-order valence-corrected chi connectivity index (χ4v) is 8.11. The van der Waals surface area contributed by atoms with Gasteiger partial charge < -0.3 is 14.2 Å². The highest BCUT2D eigenvalue weighted by atomic mass is 16.6. The lowest BCUT2D eigenvalue weighted by Crippen LogP contribution is -2.30. The second-order valence-corrected chi connectivity index (χ2v) is 20.2. The largest absolute Gasteiger partial charge is 0.462 e. The Balaban J connectivity index is 4.55. The molecular weight excluding hydrogens is 949 g/mol. The van der Waals surface area contributed by atoms with E-state index in [-0.39, 0.29) is 37.5 Å². The van der Waals surface area contributed by atoms with Crippen LogP contribution in [-0.4, -0.2) is 37.2 Å². The summed E-state index contributed by atoms with van der Waals surface area (Å²) in [6.07, 6.45) is 91.3. The van der Waals surface area contributed by atoms with Crippen LogP contribution in [0.4, 0.5) is 0 Å². The van der Waals surface area contributed by atoms with E-state index in [4.69, 9.17) is 14.2 Å². The van der Waals surface area contributed by atoms with Crippen LogP contribution in [0.25, 0.3) is 0 Å². The minimum absolute atomic E-state index is 0.114. The van der Waals surface area contributed by atoms with Gasteiger partial charge in [0.1, 0.15) is 13.2 Å². The van der Waals surface area contributed by atoms with Crippen LogP contribution in [0.2, 0.25) is 0 Å². The molecular formula is C71H114O6. The normalized spacial score (nSPS) is 13.1. The molecule has 1 unspecified atom stereocenters. The lowest BCUT2D eigenvalue weighted by Gasteiger charge is -2.18. The molecule has 0 rings (SSSR count). The van der Waals surface area contributed by atoms with Crippen molar-refractivity contribution in [3.63, 3.8) is 0 Å². The first kappa shape index (κ1) is 72.3. The molecule has 6 heteroatoms. The zero-order valence-electron chi connectivity index (χ0n) is 49.7. The van der Waals surface area contributed by atoms with Crippen LogP contribution in [0.15, 0.2) is 146 Å². The van der Waals surface area contributed by atoms with Crippen LogP contribution in [-0.2, 0) is 28.6 Å². The topological polar surface area (TPSA) is 78.9 Å². The molecule has 0 saturated carbocycles. The molecule has 0 aromatic rings. The Morgan fingerprint density at radius 1 is 0.273 bits per heavy atom. The number of allylic oxidation sites excluding steroid dienone is 24. The average molecular weight is 1060 g/mol. The van der Waals surface area contributed by atoms with Crippen LogP contribution in [0, 0.1) is 0 Å². The Morgan fingerprint density at radius 3 is 0.870 bits per heavy atom. The standard InChI is InChI=1S/C71H114O6/c1-4-7-10-13-16-19-22-25-28-30-32-34-35-37-38-40-43-46-49-52-55-58-61-64-70(73)76-67-68(66-75-69(72)63-60-57-54-51-48-45-42-27-24-21-18-15-12-9-6-3)77-71(74)65-62-59-56-53-50-47-44-41-39-36-33-31-29-26-23-20-17-14-11-8-5-2/h7,10,16,18-19,21,23,25-28,31-34,37-39,41-43,46,52,55,68H,4-6,8-9,11-15,17,20,22,24,29-30,35-36,40,44-45,47-51,53-54,56-67H2,1-3H3/b10-7-,19-16-,21-18-,26-23-,28-25-,33-31-,34-32-,38-37-,41-39-,42-27-,46-43-,55-52-. The highest BCUT2D eigenvalue weighted by Crippen LogP contribution is 2.13. The van der Waals surface area contributed by atoms with Crippen LogP contribution >= 0.6 is 0 Å². The van der Waals surface area contributed by atoms with Crippen molar-refractivity contribution in [1.82, 2.24) is 0 Å². The van der Waals surface area contributed by atoms with Crippen molar-refractivity contribution in [3.05, 3.63) is 146 Å². The zero-order valence-corrected chi connectivity index (χ0v) is 49.7. The second kappa shape index (κ2) is 63.8. The van der Waals surface area contributed by atoms with E-state index in [1.807, 2.05) is 0 Å². The minimum atomic E-state index is -0.823. The number of hydrogen-bond acceptors (Lipinski definition) is 6. The van der Waals surface area contributed by atoms with E-state index in [9.17, 15) is 14.4 Å². The van der Waals surface area contributed by atoms with Gasteiger partial charge in [-0.05, 0) is 141 Å². The van der Waals surface area contributed by atoms with E-state index in [2.05, 4.69) is 167 Å². The van der Waals surface area contributed by atoms with Gasteiger partial charge in [0, 0.05) is 19.3 Å². The molecule has 0 aromatic heterocycles. The van der Waals surface area contributed by atoms with Gasteiger partial charge in [0.25, 0.3) is 0 Å². The van der Waals surface area contributed by atoms with E-state index >= 15 is 0 Å². The molecule has 0 heterocycles. The molecule has 1 atom stereocenters. The van der Waals surface area contributed by atoms with Gasteiger partial charge in [-0.15, -0.1) is 0 Å². The van der Waals surface area contributed by atoms with E-state index in [0.29, 0.717) is 19.3 Å². The maximum Gasteiger partial charge on any atom is 0.306 e. The van der Waals surface area contributed by atoms with Crippen molar-refractivity contribution in [2.75, 3.05) is 13.2 Å². The number of ether oxygens (including phenoxy) is 3. The number of rotatable bonds is 55. The van der Waals surface area contributed by atoms with Gasteiger partial charge >= 0.3 is 17.9 Å². The summed E-state index contributed by atoms with van der Waals surface area (Å²) >= 11 is 0.